The van der Waals surface area contributed by atoms with Crippen molar-refractivity contribution in [1.82, 2.24) is 20.0 Å². The largest absolute Gasteiger partial charge is 0.309 e. The average Bonchev–Trinajstić information content (AvgIpc) is 3.01. The first-order chi connectivity index (χ1) is 14.9. The van der Waals surface area contributed by atoms with E-state index >= 15 is 0 Å². The van der Waals surface area contributed by atoms with Crippen LogP contribution < -0.4 is 10.6 Å². The number of hydrogen-bond donors (Lipinski definition) is 2. The van der Waals surface area contributed by atoms with E-state index in [-0.39, 0.29) is 29.4 Å². The molecule has 2 aromatic rings. The Morgan fingerprint density at radius 1 is 1.23 bits per heavy atom. The lowest BCUT2D eigenvalue weighted by Gasteiger charge is -2.30. The number of carbonyl (C=O) groups is 2. The Labute approximate surface area is 183 Å². The highest BCUT2D eigenvalue weighted by molar-refractivity contribution is 6.14. The molecule has 1 aromatic heterocycles. The van der Waals surface area contributed by atoms with Crippen molar-refractivity contribution < 1.29 is 14.0 Å². The lowest BCUT2D eigenvalue weighted by Crippen LogP contribution is -2.36. The summed E-state index contributed by atoms with van der Waals surface area (Å²) >= 11 is 0. The molecule has 1 fully saturated rings. The molecule has 8 heteroatoms. The molecule has 2 heterocycles. The summed E-state index contributed by atoms with van der Waals surface area (Å²) in [5.41, 5.74) is 0.606. The Kier molecular flexibility index (Phi) is 7.92. The first kappa shape index (κ1) is 23.1. The highest BCUT2D eigenvalue weighted by atomic mass is 19.1. The molecule has 0 saturated carbocycles. The molecule has 0 radical (unpaired) electrons. The summed E-state index contributed by atoms with van der Waals surface area (Å²) in [7, 11) is 1.65. The molecule has 0 bridgehead atoms. The Balaban J connectivity index is 1.52. The minimum atomic E-state index is -0.599. The lowest BCUT2D eigenvalue weighted by molar-refractivity contribution is -0.115. The van der Waals surface area contributed by atoms with Crippen LogP contribution in [-0.2, 0) is 11.8 Å². The van der Waals surface area contributed by atoms with Crippen LogP contribution in [0.1, 0.15) is 47.8 Å². The zero-order valence-electron chi connectivity index (χ0n) is 18.6. The zero-order valence-corrected chi connectivity index (χ0v) is 18.6. The Morgan fingerprint density at radius 2 is 1.94 bits per heavy atom. The first-order valence-corrected chi connectivity index (χ1v) is 10.9. The second kappa shape index (κ2) is 10.6. The fraction of sp³-hybridized carbons (Fsp3) is 0.522. The molecule has 1 aliphatic heterocycles. The number of ketones is 1. The number of amides is 1. The van der Waals surface area contributed by atoms with Crippen molar-refractivity contribution in [2.45, 2.75) is 33.1 Å². The summed E-state index contributed by atoms with van der Waals surface area (Å²) in [6, 6.07) is 5.81. The number of hydrogen-bond acceptors (Lipinski definition) is 5. The van der Waals surface area contributed by atoms with Gasteiger partial charge in [0.1, 0.15) is 11.6 Å². The van der Waals surface area contributed by atoms with Crippen LogP contribution in [0.25, 0.3) is 0 Å². The number of nitrogens with zero attached hydrogens (tertiary/aromatic N) is 3. The number of nitrogens with one attached hydrogen (secondary N) is 2. The molecule has 1 saturated heterocycles. The number of benzene rings is 1. The molecule has 2 N–H and O–H groups in total. The third-order valence-electron chi connectivity index (χ3n) is 5.82. The van der Waals surface area contributed by atoms with Crippen LogP contribution in [0, 0.1) is 18.7 Å². The van der Waals surface area contributed by atoms with Crippen LogP contribution in [-0.4, -0.2) is 59.1 Å². The van der Waals surface area contributed by atoms with Gasteiger partial charge in [-0.25, -0.2) is 4.39 Å². The van der Waals surface area contributed by atoms with Crippen LogP contribution >= 0.6 is 0 Å². The molecule has 31 heavy (non-hydrogen) atoms. The second-order valence-electron chi connectivity index (χ2n) is 8.34. The molecular weight excluding hydrogens is 397 g/mol. The molecular formula is C23H32FN5O2. The molecule has 0 unspecified atom stereocenters. The van der Waals surface area contributed by atoms with E-state index in [2.05, 4.69) is 27.6 Å². The van der Waals surface area contributed by atoms with Crippen molar-refractivity contribution in [2.75, 3.05) is 38.0 Å². The smallest absolute Gasteiger partial charge is 0.239 e. The van der Waals surface area contributed by atoms with Gasteiger partial charge in [-0.15, -0.1) is 0 Å². The summed E-state index contributed by atoms with van der Waals surface area (Å²) in [5.74, 6) is -0.262. The van der Waals surface area contributed by atoms with E-state index in [0.717, 1.165) is 38.5 Å². The van der Waals surface area contributed by atoms with E-state index in [9.17, 15) is 14.0 Å². The van der Waals surface area contributed by atoms with E-state index in [1.54, 1.807) is 20.0 Å². The van der Waals surface area contributed by atoms with Gasteiger partial charge >= 0.3 is 0 Å². The second-order valence-corrected chi connectivity index (χ2v) is 8.34. The molecule has 7 nitrogen and oxygen atoms in total. The minimum Gasteiger partial charge on any atom is -0.309 e. The average molecular weight is 430 g/mol. The SMILES string of the molecule is Cc1nn(C)c(NC(=O)CNCCCN2CCC(C)CC2)c1C(=O)c1ccccc1F. The maximum atomic E-state index is 14.1. The van der Waals surface area contributed by atoms with Crippen molar-refractivity contribution in [2.24, 2.45) is 13.0 Å². The molecule has 0 atom stereocenters. The van der Waals surface area contributed by atoms with Gasteiger partial charge in [0, 0.05) is 7.05 Å². The first-order valence-electron chi connectivity index (χ1n) is 10.9. The fourth-order valence-electron chi connectivity index (χ4n) is 3.94. The van der Waals surface area contributed by atoms with E-state index in [0.29, 0.717) is 5.69 Å². The van der Waals surface area contributed by atoms with Gasteiger partial charge in [0.05, 0.1) is 23.4 Å². The number of piperidine rings is 1. The summed E-state index contributed by atoms with van der Waals surface area (Å²) in [5, 5.41) is 10.2. The van der Waals surface area contributed by atoms with Crippen molar-refractivity contribution >= 4 is 17.5 Å². The minimum absolute atomic E-state index is 0.0423. The summed E-state index contributed by atoms with van der Waals surface area (Å²) in [4.78, 5) is 27.8. The highest BCUT2D eigenvalue weighted by Crippen LogP contribution is 2.23. The van der Waals surface area contributed by atoms with Gasteiger partial charge in [-0.1, -0.05) is 19.1 Å². The molecule has 1 aromatic carbocycles. The molecule has 0 spiro atoms. The highest BCUT2D eigenvalue weighted by Gasteiger charge is 2.24. The van der Waals surface area contributed by atoms with E-state index in [1.165, 1.54) is 35.7 Å². The number of halogens is 1. The molecule has 168 valence electrons. The molecule has 1 aliphatic rings. The van der Waals surface area contributed by atoms with E-state index in [4.69, 9.17) is 0 Å². The third-order valence-corrected chi connectivity index (χ3v) is 5.82. The van der Waals surface area contributed by atoms with E-state index < -0.39 is 11.6 Å². The summed E-state index contributed by atoms with van der Waals surface area (Å²) in [6.07, 6.45) is 3.49. The van der Waals surface area contributed by atoms with Crippen LogP contribution in [0.5, 0.6) is 0 Å². The van der Waals surface area contributed by atoms with Gasteiger partial charge in [0.2, 0.25) is 11.7 Å². The maximum absolute atomic E-state index is 14.1. The molecule has 3 rings (SSSR count). The standard InChI is InChI=1S/C23H32FN5O2/c1-16-9-13-29(14-10-16)12-6-11-25-15-20(30)26-23-21(17(2)27-28(23)3)22(31)18-7-4-5-8-19(18)24/h4-5,7-8,16,25H,6,9-15H2,1-3H3,(H,26,30). The number of anilines is 1. The van der Waals surface area contributed by atoms with Crippen LogP contribution in [0.2, 0.25) is 0 Å². The monoisotopic (exact) mass is 429 g/mol. The van der Waals surface area contributed by atoms with Gasteiger partial charge in [-0.2, -0.15) is 5.10 Å². The Morgan fingerprint density at radius 3 is 2.65 bits per heavy atom. The topological polar surface area (TPSA) is 79.3 Å². The maximum Gasteiger partial charge on any atom is 0.239 e. The van der Waals surface area contributed by atoms with Crippen LogP contribution in [0.4, 0.5) is 10.2 Å². The Hall–Kier alpha value is -2.58. The van der Waals surface area contributed by atoms with Gasteiger partial charge in [0.25, 0.3) is 0 Å². The molecule has 0 aliphatic carbocycles. The Bertz CT molecular complexity index is 919. The number of rotatable bonds is 9. The fourth-order valence-corrected chi connectivity index (χ4v) is 3.94. The van der Waals surface area contributed by atoms with Crippen LogP contribution in [0.15, 0.2) is 24.3 Å². The van der Waals surface area contributed by atoms with Gasteiger partial charge in [-0.3, -0.25) is 14.3 Å². The number of aromatic nitrogens is 2. The number of likely N-dealkylation sites (tertiary alicyclic amines) is 1. The van der Waals surface area contributed by atoms with Gasteiger partial charge in [-0.05, 0) is 70.4 Å². The number of aryl methyl sites for hydroxylation is 2. The number of carbonyl (C=O) groups excluding carboxylic acids is 2. The van der Waals surface area contributed by atoms with Crippen molar-refractivity contribution in [3.63, 3.8) is 0 Å². The third kappa shape index (κ3) is 5.98. The predicted molar refractivity (Wildman–Crippen MR) is 119 cm³/mol. The zero-order chi connectivity index (χ0) is 22.4. The quantitative estimate of drug-likeness (QED) is 0.473. The van der Waals surface area contributed by atoms with Crippen molar-refractivity contribution in [1.29, 1.82) is 0 Å². The van der Waals surface area contributed by atoms with E-state index in [1.807, 2.05) is 0 Å². The summed E-state index contributed by atoms with van der Waals surface area (Å²) in [6.45, 7) is 8.18. The van der Waals surface area contributed by atoms with Gasteiger partial charge in [0.15, 0.2) is 0 Å². The predicted octanol–water partition coefficient (Wildman–Crippen LogP) is 2.75. The molecule has 1 amide bonds. The normalized spacial score (nSPS) is 15.2. The van der Waals surface area contributed by atoms with Crippen molar-refractivity contribution in [3.05, 3.63) is 46.9 Å². The summed E-state index contributed by atoms with van der Waals surface area (Å²) < 4.78 is 15.5. The lowest BCUT2D eigenvalue weighted by atomic mass is 9.99. The van der Waals surface area contributed by atoms with Gasteiger partial charge < -0.3 is 15.5 Å². The van der Waals surface area contributed by atoms with Crippen molar-refractivity contribution in [3.8, 4) is 0 Å². The van der Waals surface area contributed by atoms with Crippen LogP contribution in [0.3, 0.4) is 0 Å².